The molecule has 0 unspecified atom stereocenters. The molecule has 3 rings (SSSR count). The van der Waals surface area contributed by atoms with Crippen LogP contribution in [0.3, 0.4) is 0 Å². The Labute approximate surface area is 97.7 Å². The van der Waals surface area contributed by atoms with Crippen LogP contribution in [0.15, 0.2) is 40.8 Å². The van der Waals surface area contributed by atoms with Crippen molar-refractivity contribution >= 4 is 46.5 Å². The smallest absolute Gasteiger partial charge is 0.326 e. The highest BCUT2D eigenvalue weighted by atomic mass is 35.5. The van der Waals surface area contributed by atoms with Gasteiger partial charge in [-0.15, -0.1) is 0 Å². The minimum Gasteiger partial charge on any atom is -0.456 e. The van der Waals surface area contributed by atoms with E-state index in [1.54, 1.807) is 6.07 Å². The second kappa shape index (κ2) is 3.54. The predicted octanol–water partition coefficient (Wildman–Crippen LogP) is 2.48. The van der Waals surface area contributed by atoms with Crippen LogP contribution in [0.5, 0.6) is 0 Å². The van der Waals surface area contributed by atoms with E-state index < -0.39 is 0 Å². The number of benzene rings is 2. The van der Waals surface area contributed by atoms with E-state index in [9.17, 15) is 0 Å². The molecule has 77 valence electrons. The first-order valence-corrected chi connectivity index (χ1v) is 5.25. The van der Waals surface area contributed by atoms with Crippen LogP contribution < -0.4 is 5.46 Å². The van der Waals surface area contributed by atoms with Gasteiger partial charge in [0.25, 0.3) is 0 Å². The predicted molar refractivity (Wildman–Crippen MR) is 66.3 cm³/mol. The van der Waals surface area contributed by atoms with Crippen LogP contribution >= 0.6 is 11.6 Å². The molecule has 3 aromatic rings. The van der Waals surface area contributed by atoms with Crippen molar-refractivity contribution in [3.63, 3.8) is 0 Å². The average Bonchev–Trinajstić information content (AvgIpc) is 2.67. The molecule has 0 aliphatic carbocycles. The summed E-state index contributed by atoms with van der Waals surface area (Å²) in [6.45, 7) is 0. The van der Waals surface area contributed by atoms with E-state index >= 15 is 0 Å². The standard InChI is InChI=1S/C12H7BClO2/c14-9-2-1-3-10-12(9)8-5-4-7(13-15)6-11(8)16-10/h1-6,15H. The first-order chi connectivity index (χ1) is 7.79. The van der Waals surface area contributed by atoms with E-state index in [1.807, 2.05) is 30.3 Å². The summed E-state index contributed by atoms with van der Waals surface area (Å²) in [6.07, 6.45) is 0. The molecule has 0 amide bonds. The zero-order valence-corrected chi connectivity index (χ0v) is 9.03. The lowest BCUT2D eigenvalue weighted by atomic mass is 9.88. The van der Waals surface area contributed by atoms with Gasteiger partial charge in [0.15, 0.2) is 0 Å². The van der Waals surface area contributed by atoms with Crippen molar-refractivity contribution in [1.82, 2.24) is 0 Å². The zero-order valence-electron chi connectivity index (χ0n) is 8.27. The van der Waals surface area contributed by atoms with Crippen LogP contribution in [0.25, 0.3) is 21.9 Å². The summed E-state index contributed by atoms with van der Waals surface area (Å²) >= 11 is 6.13. The normalized spacial score (nSPS) is 11.1. The molecule has 1 N–H and O–H groups in total. The Balaban J connectivity index is 2.47. The maximum absolute atomic E-state index is 8.93. The maximum atomic E-state index is 8.93. The van der Waals surface area contributed by atoms with E-state index in [4.69, 9.17) is 21.0 Å². The van der Waals surface area contributed by atoms with Gasteiger partial charge >= 0.3 is 7.48 Å². The summed E-state index contributed by atoms with van der Waals surface area (Å²) in [4.78, 5) is 0. The van der Waals surface area contributed by atoms with Gasteiger partial charge in [0.1, 0.15) is 11.2 Å². The summed E-state index contributed by atoms with van der Waals surface area (Å²) in [5.41, 5.74) is 2.20. The highest BCUT2D eigenvalue weighted by molar-refractivity contribution is 6.46. The molecule has 0 spiro atoms. The van der Waals surface area contributed by atoms with E-state index in [0.717, 1.165) is 29.4 Å². The number of fused-ring (bicyclic) bond motifs is 3. The van der Waals surface area contributed by atoms with E-state index in [-0.39, 0.29) is 0 Å². The summed E-state index contributed by atoms with van der Waals surface area (Å²) in [7, 11) is 1.05. The second-order valence-electron chi connectivity index (χ2n) is 3.60. The molecule has 4 heteroatoms. The Morgan fingerprint density at radius 1 is 1.12 bits per heavy atom. The van der Waals surface area contributed by atoms with Crippen LogP contribution in [0, 0.1) is 0 Å². The fourth-order valence-corrected chi connectivity index (χ4v) is 2.15. The summed E-state index contributed by atoms with van der Waals surface area (Å²) in [5, 5.41) is 11.5. The molecular weight excluding hydrogens is 222 g/mol. The number of furan rings is 1. The Morgan fingerprint density at radius 3 is 2.81 bits per heavy atom. The molecule has 2 nitrogen and oxygen atoms in total. The molecule has 1 heterocycles. The highest BCUT2D eigenvalue weighted by Crippen LogP contribution is 2.32. The maximum Gasteiger partial charge on any atom is 0.326 e. The van der Waals surface area contributed by atoms with Crippen molar-refractivity contribution < 1.29 is 9.44 Å². The van der Waals surface area contributed by atoms with Crippen molar-refractivity contribution in [3.05, 3.63) is 41.4 Å². The topological polar surface area (TPSA) is 33.4 Å². The number of hydrogen-bond acceptors (Lipinski definition) is 2. The van der Waals surface area contributed by atoms with E-state index in [1.165, 1.54) is 0 Å². The van der Waals surface area contributed by atoms with Crippen molar-refractivity contribution in [2.24, 2.45) is 0 Å². The van der Waals surface area contributed by atoms with Gasteiger partial charge in [-0.25, -0.2) is 0 Å². The lowest BCUT2D eigenvalue weighted by Gasteiger charge is -1.94. The minimum atomic E-state index is 0.678. The molecule has 1 aromatic heterocycles. The van der Waals surface area contributed by atoms with Gasteiger partial charge in [0.05, 0.1) is 5.02 Å². The van der Waals surface area contributed by atoms with E-state index in [2.05, 4.69) is 0 Å². The SMILES string of the molecule is O[B]c1ccc2c(c1)oc1cccc(Cl)c12. The molecule has 0 aliphatic rings. The first-order valence-electron chi connectivity index (χ1n) is 4.88. The zero-order chi connectivity index (χ0) is 11.1. The molecule has 0 saturated heterocycles. The third kappa shape index (κ3) is 1.33. The monoisotopic (exact) mass is 229 g/mol. The van der Waals surface area contributed by atoms with Gasteiger partial charge in [0, 0.05) is 10.8 Å². The molecule has 2 aromatic carbocycles. The van der Waals surface area contributed by atoms with Gasteiger partial charge in [-0.1, -0.05) is 29.8 Å². The number of hydrogen-bond donors (Lipinski definition) is 1. The van der Waals surface area contributed by atoms with Crippen LogP contribution in [0.2, 0.25) is 5.02 Å². The first kappa shape index (κ1) is 9.76. The third-order valence-electron chi connectivity index (χ3n) is 2.62. The molecule has 0 bridgehead atoms. The Hall–Kier alpha value is -1.45. The number of halogens is 1. The van der Waals surface area contributed by atoms with Crippen molar-refractivity contribution in [2.75, 3.05) is 0 Å². The third-order valence-corrected chi connectivity index (χ3v) is 2.93. The molecule has 1 radical (unpaired) electrons. The molecule has 0 saturated carbocycles. The summed E-state index contributed by atoms with van der Waals surface area (Å²) < 4.78 is 5.66. The molecule has 16 heavy (non-hydrogen) atoms. The molecular formula is C12H7BClO2. The van der Waals surface area contributed by atoms with Gasteiger partial charge < -0.3 is 9.44 Å². The van der Waals surface area contributed by atoms with E-state index in [0.29, 0.717) is 10.5 Å². The largest absolute Gasteiger partial charge is 0.456 e. The molecule has 0 atom stereocenters. The van der Waals surface area contributed by atoms with Crippen LogP contribution in [-0.4, -0.2) is 12.5 Å². The van der Waals surface area contributed by atoms with Gasteiger partial charge in [-0.2, -0.15) is 0 Å². The van der Waals surface area contributed by atoms with Crippen molar-refractivity contribution in [2.45, 2.75) is 0 Å². The van der Waals surface area contributed by atoms with Gasteiger partial charge in [-0.05, 0) is 23.7 Å². The Morgan fingerprint density at radius 2 is 2.00 bits per heavy atom. The van der Waals surface area contributed by atoms with Crippen molar-refractivity contribution in [1.29, 1.82) is 0 Å². The fraction of sp³-hybridized carbons (Fsp3) is 0. The van der Waals surface area contributed by atoms with Crippen LogP contribution in [0.1, 0.15) is 0 Å². The Kier molecular flexibility index (Phi) is 2.16. The lowest BCUT2D eigenvalue weighted by Crippen LogP contribution is -2.11. The second-order valence-corrected chi connectivity index (χ2v) is 4.01. The van der Waals surface area contributed by atoms with Crippen LogP contribution in [0.4, 0.5) is 0 Å². The summed E-state index contributed by atoms with van der Waals surface area (Å²) in [5.74, 6) is 0. The number of rotatable bonds is 1. The highest BCUT2D eigenvalue weighted by Gasteiger charge is 2.10. The summed E-state index contributed by atoms with van der Waals surface area (Å²) in [6, 6.07) is 11.1. The van der Waals surface area contributed by atoms with Gasteiger partial charge in [-0.3, -0.25) is 0 Å². The minimum absolute atomic E-state index is 0.678. The molecule has 0 aliphatic heterocycles. The molecule has 0 fully saturated rings. The van der Waals surface area contributed by atoms with Gasteiger partial charge in [0.2, 0.25) is 0 Å². The quantitative estimate of drug-likeness (QED) is 0.650. The lowest BCUT2D eigenvalue weighted by molar-refractivity contribution is 0.615. The van der Waals surface area contributed by atoms with Crippen LogP contribution in [-0.2, 0) is 0 Å². The fourth-order valence-electron chi connectivity index (χ4n) is 1.88. The van der Waals surface area contributed by atoms with Crippen molar-refractivity contribution in [3.8, 4) is 0 Å². The Bertz CT molecular complexity index is 675. The average molecular weight is 229 g/mol.